The average molecular weight is 480 g/mol. The second-order valence-electron chi connectivity index (χ2n) is 7.06. The van der Waals surface area contributed by atoms with E-state index in [1.165, 1.54) is 30.5 Å². The average Bonchev–Trinajstić information content (AvgIpc) is 3.37. The molecule has 0 atom stereocenters. The fourth-order valence-corrected chi connectivity index (χ4v) is 4.76. The molecule has 2 aromatic carbocycles. The summed E-state index contributed by atoms with van der Waals surface area (Å²) in [6, 6.07) is 20.6. The van der Waals surface area contributed by atoms with Crippen LogP contribution in [0.1, 0.15) is 21.7 Å². The van der Waals surface area contributed by atoms with Gasteiger partial charge in [-0.1, -0.05) is 6.07 Å². The highest BCUT2D eigenvalue weighted by molar-refractivity contribution is 7.98. The lowest BCUT2D eigenvalue weighted by atomic mass is 10.2. The van der Waals surface area contributed by atoms with E-state index in [-0.39, 0.29) is 17.3 Å². The molecule has 0 fully saturated rings. The summed E-state index contributed by atoms with van der Waals surface area (Å²) in [5.41, 5.74) is 2.15. The molecule has 9 heteroatoms. The molecule has 0 saturated heterocycles. The van der Waals surface area contributed by atoms with Crippen LogP contribution in [0, 0.1) is 0 Å². The number of nitrogens with zero attached hydrogens (tertiary/aromatic N) is 1. The van der Waals surface area contributed by atoms with E-state index in [9.17, 15) is 13.2 Å². The smallest absolute Gasteiger partial charge is 0.255 e. The number of hydrogen-bond acceptors (Lipinski definition) is 6. The van der Waals surface area contributed by atoms with Crippen molar-refractivity contribution in [3.63, 3.8) is 0 Å². The van der Waals surface area contributed by atoms with Crippen molar-refractivity contribution >= 4 is 33.4 Å². The number of amides is 1. The molecule has 168 valence electrons. The number of carbonyl (C=O) groups excluding carboxylic acids is 1. The number of rotatable bonds is 9. The highest BCUT2D eigenvalue weighted by Crippen LogP contribution is 2.24. The molecule has 0 bridgehead atoms. The molecular weight excluding hydrogens is 458 g/mol. The Hall–Kier alpha value is -3.40. The maximum absolute atomic E-state index is 12.6. The van der Waals surface area contributed by atoms with Gasteiger partial charge in [-0.05, 0) is 72.3 Å². The number of benzene rings is 2. The van der Waals surface area contributed by atoms with E-state index in [0.29, 0.717) is 17.0 Å². The van der Waals surface area contributed by atoms with Crippen LogP contribution >= 0.6 is 11.8 Å². The summed E-state index contributed by atoms with van der Waals surface area (Å²) in [5.74, 6) is 1.000. The molecular formula is C24H21N3O4S2. The molecule has 1 amide bonds. The van der Waals surface area contributed by atoms with Gasteiger partial charge in [0.1, 0.15) is 5.76 Å². The number of pyridine rings is 1. The molecule has 2 aromatic heterocycles. The Kier molecular flexibility index (Phi) is 7.23. The Morgan fingerprint density at radius 1 is 0.970 bits per heavy atom. The molecule has 0 aliphatic carbocycles. The van der Waals surface area contributed by atoms with Crippen molar-refractivity contribution in [2.45, 2.75) is 22.1 Å². The van der Waals surface area contributed by atoms with Gasteiger partial charge >= 0.3 is 0 Å². The third kappa shape index (κ3) is 6.32. The van der Waals surface area contributed by atoms with E-state index in [4.69, 9.17) is 4.42 Å². The first-order chi connectivity index (χ1) is 16.0. The lowest BCUT2D eigenvalue weighted by Crippen LogP contribution is -2.23. The summed E-state index contributed by atoms with van der Waals surface area (Å²) < 4.78 is 32.4. The highest BCUT2D eigenvalue weighted by atomic mass is 32.2. The summed E-state index contributed by atoms with van der Waals surface area (Å²) >= 11 is 1.68. The van der Waals surface area contributed by atoms with Crippen LogP contribution < -0.4 is 10.0 Å². The van der Waals surface area contributed by atoms with E-state index < -0.39 is 10.0 Å². The molecule has 0 spiro atoms. The molecule has 7 nitrogen and oxygen atoms in total. The van der Waals surface area contributed by atoms with Gasteiger partial charge in [-0.15, -0.1) is 11.8 Å². The van der Waals surface area contributed by atoms with Gasteiger partial charge in [0.25, 0.3) is 5.91 Å². The first-order valence-electron chi connectivity index (χ1n) is 10.0. The van der Waals surface area contributed by atoms with Gasteiger partial charge in [0, 0.05) is 34.3 Å². The predicted molar refractivity (Wildman–Crippen MR) is 127 cm³/mol. The second kappa shape index (κ2) is 10.5. The van der Waals surface area contributed by atoms with Crippen LogP contribution in [0.15, 0.2) is 106 Å². The molecule has 0 aliphatic heterocycles. The van der Waals surface area contributed by atoms with Crippen molar-refractivity contribution < 1.29 is 17.6 Å². The zero-order chi connectivity index (χ0) is 23.1. The van der Waals surface area contributed by atoms with Crippen molar-refractivity contribution in [3.05, 3.63) is 108 Å². The summed E-state index contributed by atoms with van der Waals surface area (Å²) in [5, 5.41) is 2.83. The van der Waals surface area contributed by atoms with Crippen LogP contribution in [0.25, 0.3) is 0 Å². The van der Waals surface area contributed by atoms with Gasteiger partial charge < -0.3 is 9.73 Å². The van der Waals surface area contributed by atoms with Gasteiger partial charge in [-0.25, -0.2) is 13.1 Å². The zero-order valence-electron chi connectivity index (χ0n) is 17.5. The number of anilines is 1. The number of thioether (sulfide) groups is 1. The Balaban J connectivity index is 1.32. The van der Waals surface area contributed by atoms with E-state index in [0.717, 1.165) is 16.2 Å². The predicted octanol–water partition coefficient (Wildman–Crippen LogP) is 4.70. The van der Waals surface area contributed by atoms with Crippen LogP contribution in [0.3, 0.4) is 0 Å². The Labute approximate surface area is 196 Å². The summed E-state index contributed by atoms with van der Waals surface area (Å²) in [6.07, 6.45) is 5.07. The minimum Gasteiger partial charge on any atom is -0.468 e. The topological polar surface area (TPSA) is 101 Å². The number of aromatic nitrogens is 1. The number of hydrogen-bond donors (Lipinski definition) is 2. The van der Waals surface area contributed by atoms with Gasteiger partial charge in [-0.2, -0.15) is 0 Å². The molecule has 4 aromatic rings. The number of sulfonamides is 1. The maximum Gasteiger partial charge on any atom is 0.255 e. The zero-order valence-corrected chi connectivity index (χ0v) is 19.1. The molecule has 0 saturated carbocycles. The molecule has 33 heavy (non-hydrogen) atoms. The van der Waals surface area contributed by atoms with Crippen molar-refractivity contribution in [3.8, 4) is 0 Å². The van der Waals surface area contributed by atoms with Crippen LogP contribution in [0.4, 0.5) is 5.69 Å². The molecule has 0 unspecified atom stereocenters. The van der Waals surface area contributed by atoms with Crippen LogP contribution in [-0.4, -0.2) is 19.3 Å². The fraction of sp³-hybridized carbons (Fsp3) is 0.0833. The molecule has 2 N–H and O–H groups in total. The Morgan fingerprint density at radius 2 is 1.76 bits per heavy atom. The van der Waals surface area contributed by atoms with Gasteiger partial charge in [0.2, 0.25) is 10.0 Å². The number of carbonyl (C=O) groups is 1. The van der Waals surface area contributed by atoms with Crippen molar-refractivity contribution in [2.75, 3.05) is 5.32 Å². The van der Waals surface area contributed by atoms with Crippen molar-refractivity contribution in [2.24, 2.45) is 0 Å². The highest BCUT2D eigenvalue weighted by Gasteiger charge is 2.15. The van der Waals surface area contributed by atoms with E-state index in [1.54, 1.807) is 30.1 Å². The number of furan rings is 1. The lowest BCUT2D eigenvalue weighted by molar-refractivity contribution is 0.102. The fourth-order valence-electron chi connectivity index (χ4n) is 2.94. The van der Waals surface area contributed by atoms with E-state index >= 15 is 0 Å². The van der Waals surface area contributed by atoms with Crippen LogP contribution in [0.2, 0.25) is 0 Å². The molecule has 0 aliphatic rings. The van der Waals surface area contributed by atoms with Crippen molar-refractivity contribution in [1.29, 1.82) is 0 Å². The van der Waals surface area contributed by atoms with E-state index in [1.807, 2.05) is 42.6 Å². The monoisotopic (exact) mass is 479 g/mol. The summed E-state index contributed by atoms with van der Waals surface area (Å²) in [6.45, 7) is 0.0497. The van der Waals surface area contributed by atoms with Gasteiger partial charge in [-0.3, -0.25) is 9.78 Å². The quantitative estimate of drug-likeness (QED) is 0.338. The first-order valence-corrected chi connectivity index (χ1v) is 12.5. The Bertz CT molecular complexity index is 1290. The van der Waals surface area contributed by atoms with Crippen LogP contribution in [0.5, 0.6) is 0 Å². The third-order valence-electron chi connectivity index (χ3n) is 4.68. The van der Waals surface area contributed by atoms with Gasteiger partial charge in [0.05, 0.1) is 17.7 Å². The maximum atomic E-state index is 12.6. The third-order valence-corrected chi connectivity index (χ3v) is 7.18. The normalized spacial score (nSPS) is 11.3. The standard InChI is InChI=1S/C24H21N3O4S2/c28-24(27-20-7-9-22(10-8-20)32-17-18-3-1-13-25-15-18)19-5-11-23(12-6-19)33(29,30)26-16-21-4-2-14-31-21/h1-15,26H,16-17H2,(H,27,28). The molecule has 0 radical (unpaired) electrons. The number of nitrogens with one attached hydrogen (secondary N) is 2. The molecule has 4 rings (SSSR count). The van der Waals surface area contributed by atoms with Crippen LogP contribution in [-0.2, 0) is 22.3 Å². The summed E-state index contributed by atoms with van der Waals surface area (Å²) in [4.78, 5) is 17.8. The molecule has 2 heterocycles. The first kappa shape index (κ1) is 22.8. The van der Waals surface area contributed by atoms with Crippen molar-refractivity contribution in [1.82, 2.24) is 9.71 Å². The van der Waals surface area contributed by atoms with Gasteiger partial charge in [0.15, 0.2) is 0 Å². The summed E-state index contributed by atoms with van der Waals surface area (Å²) in [7, 11) is -3.72. The minimum atomic E-state index is -3.72. The second-order valence-corrected chi connectivity index (χ2v) is 9.87. The lowest BCUT2D eigenvalue weighted by Gasteiger charge is -2.08. The largest absolute Gasteiger partial charge is 0.468 e. The van der Waals surface area contributed by atoms with E-state index in [2.05, 4.69) is 15.0 Å². The minimum absolute atomic E-state index is 0.0497. The Morgan fingerprint density at radius 3 is 2.42 bits per heavy atom. The SMILES string of the molecule is O=C(Nc1ccc(SCc2cccnc2)cc1)c1ccc(S(=O)(=O)NCc2ccco2)cc1.